The summed E-state index contributed by atoms with van der Waals surface area (Å²) in [4.78, 5) is 50.8. The smallest absolute Gasteiger partial charge is 0.337 e. The van der Waals surface area contributed by atoms with E-state index in [2.05, 4.69) is 20.4 Å². The molecule has 2 heterocycles. The second-order valence-electron chi connectivity index (χ2n) is 6.70. The number of esters is 1. The quantitative estimate of drug-likeness (QED) is 0.418. The number of rotatable bonds is 5. The molecule has 1 aliphatic rings. The van der Waals surface area contributed by atoms with Crippen molar-refractivity contribution in [1.29, 1.82) is 0 Å². The molecule has 3 aromatic rings. The van der Waals surface area contributed by atoms with Crippen LogP contribution in [0.3, 0.4) is 0 Å². The summed E-state index contributed by atoms with van der Waals surface area (Å²) in [6.07, 6.45) is 3.31. The van der Waals surface area contributed by atoms with Crippen LogP contribution in [0.5, 0.6) is 0 Å². The number of methoxy groups -OCH3 is 1. The van der Waals surface area contributed by atoms with Crippen molar-refractivity contribution in [2.24, 2.45) is 0 Å². The molecule has 2 aromatic carbocycles. The molecule has 8 nitrogen and oxygen atoms in total. The molecular formula is C22H17N3O5S. The van der Waals surface area contributed by atoms with Gasteiger partial charge < -0.3 is 15.0 Å². The predicted molar refractivity (Wildman–Crippen MR) is 116 cm³/mol. The average Bonchev–Trinajstić information content (AvgIpc) is 3.34. The van der Waals surface area contributed by atoms with E-state index in [1.165, 1.54) is 7.11 Å². The second kappa shape index (κ2) is 8.49. The molecule has 0 aliphatic carbocycles. The minimum absolute atomic E-state index is 0.271. The van der Waals surface area contributed by atoms with Gasteiger partial charge in [-0.15, -0.1) is 0 Å². The monoisotopic (exact) mass is 435 g/mol. The molecule has 0 saturated carbocycles. The fourth-order valence-electron chi connectivity index (χ4n) is 3.20. The zero-order chi connectivity index (χ0) is 22.0. The number of aromatic nitrogens is 1. The third-order valence-electron chi connectivity index (χ3n) is 4.75. The molecule has 4 rings (SSSR count). The molecule has 0 radical (unpaired) electrons. The highest BCUT2D eigenvalue weighted by molar-refractivity contribution is 8.18. The molecule has 156 valence electrons. The maximum absolute atomic E-state index is 12.8. The highest BCUT2D eigenvalue weighted by atomic mass is 32.2. The van der Waals surface area contributed by atoms with Crippen molar-refractivity contribution in [2.45, 2.75) is 6.54 Å². The Balaban J connectivity index is 1.52. The summed E-state index contributed by atoms with van der Waals surface area (Å²) < 4.78 is 4.67. The van der Waals surface area contributed by atoms with Crippen molar-refractivity contribution < 1.29 is 23.9 Å². The highest BCUT2D eigenvalue weighted by Gasteiger charge is 2.25. The summed E-state index contributed by atoms with van der Waals surface area (Å²) in [6, 6.07) is 12.1. The fraction of sp³-hybridized carbons (Fsp3) is 0.0909. The Hall–Kier alpha value is -3.85. The molecule has 0 atom stereocenters. The van der Waals surface area contributed by atoms with E-state index >= 15 is 0 Å². The first-order valence-electron chi connectivity index (χ1n) is 9.26. The summed E-state index contributed by atoms with van der Waals surface area (Å²) in [5.74, 6) is -1.12. The topological polar surface area (TPSA) is 117 Å². The fourth-order valence-corrected chi connectivity index (χ4v) is 3.87. The Morgan fingerprint density at radius 1 is 1.13 bits per heavy atom. The van der Waals surface area contributed by atoms with E-state index in [-0.39, 0.29) is 12.5 Å². The molecule has 3 N–H and O–H groups in total. The first kappa shape index (κ1) is 20.4. The van der Waals surface area contributed by atoms with Gasteiger partial charge in [0.1, 0.15) is 0 Å². The summed E-state index contributed by atoms with van der Waals surface area (Å²) in [6.45, 7) is 0.285. The lowest BCUT2D eigenvalue weighted by Crippen LogP contribution is -2.23. The lowest BCUT2D eigenvalue weighted by molar-refractivity contribution is -0.115. The molecule has 0 unspecified atom stereocenters. The third kappa shape index (κ3) is 4.22. The van der Waals surface area contributed by atoms with Gasteiger partial charge in [0.25, 0.3) is 17.1 Å². The number of nitrogens with one attached hydrogen (secondary N) is 3. The molecule has 1 fully saturated rings. The lowest BCUT2D eigenvalue weighted by Gasteiger charge is -2.07. The van der Waals surface area contributed by atoms with Crippen LogP contribution in [0.25, 0.3) is 17.0 Å². The number of thioether (sulfide) groups is 1. The van der Waals surface area contributed by atoms with Gasteiger partial charge in [-0.2, -0.15) is 0 Å². The summed E-state index contributed by atoms with van der Waals surface area (Å²) >= 11 is 0.840. The van der Waals surface area contributed by atoms with Gasteiger partial charge in [-0.05, 0) is 41.6 Å². The summed E-state index contributed by atoms with van der Waals surface area (Å²) in [5, 5.41) is 5.43. The van der Waals surface area contributed by atoms with E-state index < -0.39 is 17.1 Å². The maximum Gasteiger partial charge on any atom is 0.337 e. The second-order valence-corrected chi connectivity index (χ2v) is 7.71. The number of amides is 3. The van der Waals surface area contributed by atoms with Crippen LogP contribution in [0.4, 0.5) is 4.79 Å². The molecule has 1 aromatic heterocycles. The number of hydrogen-bond donors (Lipinski definition) is 3. The summed E-state index contributed by atoms with van der Waals surface area (Å²) in [5.41, 5.74) is 3.05. The number of hydrogen-bond acceptors (Lipinski definition) is 6. The van der Waals surface area contributed by atoms with Crippen molar-refractivity contribution in [1.82, 2.24) is 15.6 Å². The van der Waals surface area contributed by atoms with Gasteiger partial charge in [0.05, 0.1) is 28.7 Å². The van der Waals surface area contributed by atoms with Crippen molar-refractivity contribution in [2.75, 3.05) is 7.11 Å². The minimum Gasteiger partial charge on any atom is -0.465 e. The van der Waals surface area contributed by atoms with Gasteiger partial charge in [-0.1, -0.05) is 24.3 Å². The predicted octanol–water partition coefficient (Wildman–Crippen LogP) is 3.21. The van der Waals surface area contributed by atoms with Gasteiger partial charge in [0.15, 0.2) is 0 Å². The Bertz CT molecular complexity index is 1240. The van der Waals surface area contributed by atoms with Crippen molar-refractivity contribution in [3.8, 4) is 0 Å². The SMILES string of the molecule is COC(=O)c1ccc(CNC(=O)c2cccc3c(C=C4SC(=O)NC4=O)c[nH]c23)cc1. The number of para-hydroxylation sites is 1. The van der Waals surface area contributed by atoms with Crippen LogP contribution in [0, 0.1) is 0 Å². The Labute approximate surface area is 181 Å². The van der Waals surface area contributed by atoms with Crippen molar-refractivity contribution in [3.63, 3.8) is 0 Å². The van der Waals surface area contributed by atoms with E-state index in [0.29, 0.717) is 27.1 Å². The average molecular weight is 435 g/mol. The number of carbonyl (C=O) groups is 4. The number of imide groups is 1. The van der Waals surface area contributed by atoms with E-state index in [0.717, 1.165) is 22.7 Å². The van der Waals surface area contributed by atoms with Crippen LogP contribution in [0.15, 0.2) is 53.6 Å². The van der Waals surface area contributed by atoms with Gasteiger partial charge in [-0.25, -0.2) is 4.79 Å². The third-order valence-corrected chi connectivity index (χ3v) is 5.56. The molecule has 0 bridgehead atoms. The molecule has 1 saturated heterocycles. The van der Waals surface area contributed by atoms with Gasteiger partial charge in [0.2, 0.25) is 0 Å². The van der Waals surface area contributed by atoms with Gasteiger partial charge in [0, 0.05) is 23.7 Å². The Morgan fingerprint density at radius 2 is 1.90 bits per heavy atom. The van der Waals surface area contributed by atoms with Crippen LogP contribution in [-0.2, 0) is 16.1 Å². The Kier molecular flexibility index (Phi) is 5.59. The maximum atomic E-state index is 12.8. The van der Waals surface area contributed by atoms with E-state index in [4.69, 9.17) is 0 Å². The number of carbonyl (C=O) groups excluding carboxylic acids is 4. The Morgan fingerprint density at radius 3 is 2.58 bits per heavy atom. The normalized spacial score (nSPS) is 14.7. The van der Waals surface area contributed by atoms with Gasteiger partial charge in [-0.3, -0.25) is 19.7 Å². The molecule has 0 spiro atoms. The van der Waals surface area contributed by atoms with E-state index in [1.54, 1.807) is 48.7 Å². The van der Waals surface area contributed by atoms with Crippen LogP contribution in [0.2, 0.25) is 0 Å². The molecule has 9 heteroatoms. The first-order chi connectivity index (χ1) is 15.0. The molecular weight excluding hydrogens is 418 g/mol. The molecule has 3 amide bonds. The molecule has 31 heavy (non-hydrogen) atoms. The van der Waals surface area contributed by atoms with Crippen LogP contribution in [0.1, 0.15) is 31.8 Å². The van der Waals surface area contributed by atoms with Crippen LogP contribution >= 0.6 is 11.8 Å². The zero-order valence-electron chi connectivity index (χ0n) is 16.4. The first-order valence-corrected chi connectivity index (χ1v) is 10.1. The number of ether oxygens (including phenoxy) is 1. The standard InChI is InChI=1S/C22H17N3O5S/c1-30-21(28)13-7-5-12(6-8-13)10-24-19(26)16-4-2-3-15-14(11-23-18(15)16)9-17-20(27)25-22(29)31-17/h2-9,11,23H,10H2,1H3,(H,24,26)(H,25,27,29). The number of H-pyrrole nitrogens is 1. The zero-order valence-corrected chi connectivity index (χ0v) is 17.2. The van der Waals surface area contributed by atoms with Gasteiger partial charge >= 0.3 is 5.97 Å². The van der Waals surface area contributed by atoms with Crippen LogP contribution < -0.4 is 10.6 Å². The largest absolute Gasteiger partial charge is 0.465 e. The van der Waals surface area contributed by atoms with Crippen LogP contribution in [-0.4, -0.2) is 35.1 Å². The minimum atomic E-state index is -0.434. The van der Waals surface area contributed by atoms with Crippen molar-refractivity contribution in [3.05, 3.63) is 75.8 Å². The number of benzene rings is 2. The number of fused-ring (bicyclic) bond motifs is 1. The number of aromatic amines is 1. The highest BCUT2D eigenvalue weighted by Crippen LogP contribution is 2.29. The molecule has 1 aliphatic heterocycles. The van der Waals surface area contributed by atoms with E-state index in [1.807, 2.05) is 6.07 Å². The van der Waals surface area contributed by atoms with E-state index in [9.17, 15) is 19.2 Å². The summed E-state index contributed by atoms with van der Waals surface area (Å²) in [7, 11) is 1.32. The van der Waals surface area contributed by atoms with Crippen molar-refractivity contribution >= 4 is 51.8 Å². The lowest BCUT2D eigenvalue weighted by atomic mass is 10.1.